The summed E-state index contributed by atoms with van der Waals surface area (Å²) < 4.78 is 6.65. The number of hydrogen-bond donors (Lipinski definition) is 1. The molecule has 0 bridgehead atoms. The van der Waals surface area contributed by atoms with E-state index in [4.69, 9.17) is 4.43 Å². The Morgan fingerprint density at radius 3 is 2.60 bits per heavy atom. The van der Waals surface area contributed by atoms with Crippen LogP contribution in [-0.4, -0.2) is 37.0 Å². The lowest BCUT2D eigenvalue weighted by molar-refractivity contribution is -0.136. The number of rotatable bonds is 6. The van der Waals surface area contributed by atoms with Crippen LogP contribution in [0.15, 0.2) is 30.9 Å². The van der Waals surface area contributed by atoms with Crippen LogP contribution in [0, 0.1) is 0 Å². The standard InChI is InChI=1S/C23H32N2O4Si/c1-7-8-19(29-30(5,6)23(2,3)4)15-9-10-17-16(13-15)14-25(22(17)28)18-11-12-20(26)24-21(18)27/h7,9-10,13,18-19H,1,8,11-12,14H2,2-6H3,(H,24,26,27)/t18-,19-/m0/s1. The van der Waals surface area contributed by atoms with Crippen LogP contribution >= 0.6 is 0 Å². The molecule has 7 heteroatoms. The first-order valence-electron chi connectivity index (χ1n) is 10.5. The fourth-order valence-corrected chi connectivity index (χ4v) is 5.03. The van der Waals surface area contributed by atoms with Gasteiger partial charge >= 0.3 is 0 Å². The maximum absolute atomic E-state index is 12.9. The minimum Gasteiger partial charge on any atom is -0.410 e. The number of piperidine rings is 1. The Hall–Kier alpha value is -2.25. The summed E-state index contributed by atoms with van der Waals surface area (Å²) in [5, 5.41) is 2.43. The molecule has 3 amide bonds. The fourth-order valence-electron chi connectivity index (χ4n) is 3.73. The largest absolute Gasteiger partial charge is 0.410 e. The van der Waals surface area contributed by atoms with Crippen molar-refractivity contribution in [1.82, 2.24) is 10.2 Å². The van der Waals surface area contributed by atoms with E-state index in [9.17, 15) is 14.4 Å². The Labute approximate surface area is 179 Å². The first kappa shape index (κ1) is 22.4. The van der Waals surface area contributed by atoms with Gasteiger partial charge in [0.15, 0.2) is 8.32 Å². The van der Waals surface area contributed by atoms with Crippen molar-refractivity contribution in [3.63, 3.8) is 0 Å². The monoisotopic (exact) mass is 428 g/mol. The third-order valence-electron chi connectivity index (χ3n) is 6.54. The number of benzene rings is 1. The molecular weight excluding hydrogens is 396 g/mol. The number of carbonyl (C=O) groups excluding carboxylic acids is 3. The average Bonchev–Trinajstić information content (AvgIpc) is 2.96. The molecule has 1 aromatic carbocycles. The molecule has 6 nitrogen and oxygen atoms in total. The van der Waals surface area contributed by atoms with Crippen LogP contribution in [0.4, 0.5) is 0 Å². The topological polar surface area (TPSA) is 75.7 Å². The van der Waals surface area contributed by atoms with E-state index in [0.717, 1.165) is 11.1 Å². The molecule has 162 valence electrons. The highest BCUT2D eigenvalue weighted by Crippen LogP contribution is 2.41. The zero-order valence-corrected chi connectivity index (χ0v) is 19.6. The molecule has 0 aliphatic carbocycles. The number of nitrogens with zero attached hydrogens (tertiary/aromatic N) is 1. The van der Waals surface area contributed by atoms with Gasteiger partial charge in [-0.2, -0.15) is 0 Å². The molecule has 2 aliphatic heterocycles. The van der Waals surface area contributed by atoms with Gasteiger partial charge in [-0.15, -0.1) is 6.58 Å². The number of amides is 3. The Balaban J connectivity index is 1.84. The minimum atomic E-state index is -1.99. The summed E-state index contributed by atoms with van der Waals surface area (Å²) in [6, 6.07) is 5.22. The van der Waals surface area contributed by atoms with E-state index in [2.05, 4.69) is 45.8 Å². The first-order valence-corrected chi connectivity index (χ1v) is 13.4. The zero-order valence-electron chi connectivity index (χ0n) is 18.6. The molecule has 1 aromatic rings. The van der Waals surface area contributed by atoms with Crippen molar-refractivity contribution in [2.24, 2.45) is 0 Å². The van der Waals surface area contributed by atoms with E-state index in [0.29, 0.717) is 24.9 Å². The molecule has 0 aromatic heterocycles. The maximum Gasteiger partial charge on any atom is 0.255 e. The van der Waals surface area contributed by atoms with Crippen molar-refractivity contribution in [2.75, 3.05) is 0 Å². The summed E-state index contributed by atoms with van der Waals surface area (Å²) in [6.07, 6.45) is 3.06. The summed E-state index contributed by atoms with van der Waals surface area (Å²) in [7, 11) is -1.99. The van der Waals surface area contributed by atoms with Gasteiger partial charge < -0.3 is 9.33 Å². The van der Waals surface area contributed by atoms with E-state index in [-0.39, 0.29) is 29.4 Å². The Bertz CT molecular complexity index is 888. The Kier molecular flexibility index (Phi) is 6.07. The molecule has 0 saturated carbocycles. The summed E-state index contributed by atoms with van der Waals surface area (Å²) in [4.78, 5) is 38.2. The van der Waals surface area contributed by atoms with Gasteiger partial charge in [0.05, 0.1) is 6.10 Å². The van der Waals surface area contributed by atoms with Crippen molar-refractivity contribution in [1.29, 1.82) is 0 Å². The first-order chi connectivity index (χ1) is 13.9. The highest BCUT2D eigenvalue weighted by molar-refractivity contribution is 6.74. The van der Waals surface area contributed by atoms with Gasteiger partial charge in [-0.1, -0.05) is 39.0 Å². The second-order valence-corrected chi connectivity index (χ2v) is 14.5. The Morgan fingerprint density at radius 2 is 2.00 bits per heavy atom. The van der Waals surface area contributed by atoms with Crippen LogP contribution in [0.25, 0.3) is 0 Å². The average molecular weight is 429 g/mol. The lowest BCUT2D eigenvalue weighted by Crippen LogP contribution is -2.52. The molecular formula is C23H32N2O4Si. The van der Waals surface area contributed by atoms with Gasteiger partial charge in [0, 0.05) is 18.5 Å². The number of nitrogens with one attached hydrogen (secondary N) is 1. The van der Waals surface area contributed by atoms with Crippen LogP contribution in [-0.2, 0) is 20.6 Å². The molecule has 0 unspecified atom stereocenters. The summed E-state index contributed by atoms with van der Waals surface area (Å²) in [6.45, 7) is 15.4. The highest BCUT2D eigenvalue weighted by Gasteiger charge is 2.41. The van der Waals surface area contributed by atoms with Crippen LogP contribution in [0.5, 0.6) is 0 Å². The van der Waals surface area contributed by atoms with E-state index >= 15 is 0 Å². The molecule has 2 heterocycles. The zero-order chi connectivity index (χ0) is 22.3. The summed E-state index contributed by atoms with van der Waals surface area (Å²) in [5.41, 5.74) is 2.54. The molecule has 2 aliphatic rings. The quantitative estimate of drug-likeness (QED) is 0.421. The predicted octanol–water partition coefficient (Wildman–Crippen LogP) is 4.09. The molecule has 2 atom stereocenters. The van der Waals surface area contributed by atoms with Gasteiger partial charge in [0.2, 0.25) is 11.8 Å². The second kappa shape index (κ2) is 8.11. The molecule has 3 rings (SSSR count). The fraction of sp³-hybridized carbons (Fsp3) is 0.522. The van der Waals surface area contributed by atoms with Crippen molar-refractivity contribution in [2.45, 2.75) is 76.9 Å². The Morgan fingerprint density at radius 1 is 1.30 bits per heavy atom. The number of fused-ring (bicyclic) bond motifs is 1. The SMILES string of the molecule is C=CC[C@H](O[Si](C)(C)C(C)(C)C)c1ccc2c(c1)CN([C@H]1CCC(=O)NC1=O)C2=O. The lowest BCUT2D eigenvalue weighted by Gasteiger charge is -2.39. The molecule has 30 heavy (non-hydrogen) atoms. The molecule has 1 fully saturated rings. The predicted molar refractivity (Wildman–Crippen MR) is 118 cm³/mol. The second-order valence-electron chi connectivity index (χ2n) is 9.71. The van der Waals surface area contributed by atoms with Crippen LogP contribution in [0.2, 0.25) is 18.1 Å². The third kappa shape index (κ3) is 4.27. The highest BCUT2D eigenvalue weighted by atomic mass is 28.4. The molecule has 0 radical (unpaired) electrons. The summed E-state index contributed by atoms with van der Waals surface area (Å²) >= 11 is 0. The van der Waals surface area contributed by atoms with E-state index < -0.39 is 20.3 Å². The normalized spacial score (nSPS) is 20.8. The number of carbonyl (C=O) groups is 3. The van der Waals surface area contributed by atoms with Gasteiger partial charge in [-0.25, -0.2) is 0 Å². The number of imide groups is 1. The molecule has 1 saturated heterocycles. The van der Waals surface area contributed by atoms with Gasteiger partial charge in [-0.3, -0.25) is 19.7 Å². The van der Waals surface area contributed by atoms with Crippen LogP contribution < -0.4 is 5.32 Å². The minimum absolute atomic E-state index is 0.0850. The van der Waals surface area contributed by atoms with E-state index in [1.165, 1.54) is 0 Å². The van der Waals surface area contributed by atoms with Crippen molar-refractivity contribution in [3.8, 4) is 0 Å². The van der Waals surface area contributed by atoms with Crippen molar-refractivity contribution >= 4 is 26.0 Å². The van der Waals surface area contributed by atoms with E-state index in [1.54, 1.807) is 4.90 Å². The van der Waals surface area contributed by atoms with Gasteiger partial charge in [-0.05, 0) is 48.2 Å². The summed E-state index contributed by atoms with van der Waals surface area (Å²) in [5.74, 6) is -0.826. The molecule has 1 N–H and O–H groups in total. The smallest absolute Gasteiger partial charge is 0.255 e. The van der Waals surface area contributed by atoms with Crippen LogP contribution in [0.3, 0.4) is 0 Å². The number of hydrogen-bond acceptors (Lipinski definition) is 4. The van der Waals surface area contributed by atoms with Crippen molar-refractivity contribution < 1.29 is 18.8 Å². The van der Waals surface area contributed by atoms with E-state index in [1.807, 2.05) is 24.3 Å². The third-order valence-corrected chi connectivity index (χ3v) is 11.0. The van der Waals surface area contributed by atoms with Gasteiger partial charge in [0.25, 0.3) is 5.91 Å². The maximum atomic E-state index is 12.9. The van der Waals surface area contributed by atoms with Crippen LogP contribution in [0.1, 0.15) is 67.6 Å². The molecule has 0 spiro atoms. The van der Waals surface area contributed by atoms with Gasteiger partial charge in [0.1, 0.15) is 6.04 Å². The lowest BCUT2D eigenvalue weighted by atomic mass is 10.0. The van der Waals surface area contributed by atoms with Crippen molar-refractivity contribution in [3.05, 3.63) is 47.5 Å².